The molecular weight excluding hydrogens is 362 g/mol. The van der Waals surface area contributed by atoms with Crippen LogP contribution in [0.15, 0.2) is 18.5 Å². The summed E-state index contributed by atoms with van der Waals surface area (Å²) in [7, 11) is -3.10. The molecule has 1 aromatic carbocycles. The maximum Gasteiger partial charge on any atom is 0.208 e. The SMILES string of the molecule is Cc1cc2ncnc(N3CCCN(CCCNS(C)(=O)=O)CC3)c2cc1C. The van der Waals surface area contributed by atoms with E-state index in [1.165, 1.54) is 17.4 Å². The summed E-state index contributed by atoms with van der Waals surface area (Å²) in [4.78, 5) is 13.8. The van der Waals surface area contributed by atoms with Crippen molar-refractivity contribution in [3.8, 4) is 0 Å². The maximum absolute atomic E-state index is 11.1. The number of sulfonamides is 1. The second-order valence-electron chi connectivity index (χ2n) is 7.35. The van der Waals surface area contributed by atoms with Gasteiger partial charge in [0.2, 0.25) is 10.0 Å². The van der Waals surface area contributed by atoms with Gasteiger partial charge in [-0.1, -0.05) is 0 Å². The second-order valence-corrected chi connectivity index (χ2v) is 9.19. The van der Waals surface area contributed by atoms with Gasteiger partial charge in [0.15, 0.2) is 0 Å². The zero-order valence-electron chi connectivity index (χ0n) is 16.4. The van der Waals surface area contributed by atoms with E-state index in [1.54, 1.807) is 6.33 Å². The highest BCUT2D eigenvalue weighted by molar-refractivity contribution is 7.88. The van der Waals surface area contributed by atoms with Crippen LogP contribution in [-0.2, 0) is 10.0 Å². The largest absolute Gasteiger partial charge is 0.355 e. The van der Waals surface area contributed by atoms with E-state index >= 15 is 0 Å². The van der Waals surface area contributed by atoms with Gasteiger partial charge in [-0.2, -0.15) is 0 Å². The number of nitrogens with zero attached hydrogens (tertiary/aromatic N) is 4. The average Bonchev–Trinajstić information content (AvgIpc) is 2.84. The zero-order chi connectivity index (χ0) is 19.4. The van der Waals surface area contributed by atoms with E-state index in [4.69, 9.17) is 0 Å². The lowest BCUT2D eigenvalue weighted by Crippen LogP contribution is -2.33. The minimum atomic E-state index is -3.10. The van der Waals surface area contributed by atoms with Crippen LogP contribution in [0.3, 0.4) is 0 Å². The van der Waals surface area contributed by atoms with Gasteiger partial charge in [-0.3, -0.25) is 0 Å². The molecule has 7 nitrogen and oxygen atoms in total. The third-order valence-electron chi connectivity index (χ3n) is 5.13. The molecule has 0 aliphatic carbocycles. The molecule has 0 radical (unpaired) electrons. The van der Waals surface area contributed by atoms with Crippen molar-refractivity contribution < 1.29 is 8.42 Å². The summed E-state index contributed by atoms with van der Waals surface area (Å²) in [6.45, 7) is 9.49. The predicted octanol–water partition coefficient (Wildman–Crippen LogP) is 1.70. The van der Waals surface area contributed by atoms with Gasteiger partial charge < -0.3 is 9.80 Å². The Kier molecular flexibility index (Phi) is 6.29. The minimum Gasteiger partial charge on any atom is -0.355 e. The molecule has 0 bridgehead atoms. The summed E-state index contributed by atoms with van der Waals surface area (Å²) < 4.78 is 24.9. The van der Waals surface area contributed by atoms with Crippen molar-refractivity contribution in [3.63, 3.8) is 0 Å². The first-order valence-corrected chi connectivity index (χ1v) is 11.4. The summed E-state index contributed by atoms with van der Waals surface area (Å²) in [5.41, 5.74) is 3.50. The predicted molar refractivity (Wildman–Crippen MR) is 110 cm³/mol. The van der Waals surface area contributed by atoms with Crippen LogP contribution >= 0.6 is 0 Å². The van der Waals surface area contributed by atoms with Crippen molar-refractivity contribution in [3.05, 3.63) is 29.6 Å². The van der Waals surface area contributed by atoms with Crippen molar-refractivity contribution in [2.45, 2.75) is 26.7 Å². The highest BCUT2D eigenvalue weighted by atomic mass is 32.2. The van der Waals surface area contributed by atoms with Gasteiger partial charge >= 0.3 is 0 Å². The van der Waals surface area contributed by atoms with Gasteiger partial charge in [-0.25, -0.2) is 23.1 Å². The van der Waals surface area contributed by atoms with Crippen LogP contribution in [0.1, 0.15) is 24.0 Å². The van der Waals surface area contributed by atoms with Crippen LogP contribution in [0.25, 0.3) is 10.9 Å². The maximum atomic E-state index is 11.1. The van der Waals surface area contributed by atoms with Crippen molar-refractivity contribution in [1.29, 1.82) is 0 Å². The molecule has 1 aliphatic heterocycles. The average molecular weight is 392 g/mol. The number of aryl methyl sites for hydroxylation is 2. The van der Waals surface area contributed by atoms with E-state index in [2.05, 4.69) is 50.5 Å². The molecule has 1 fully saturated rings. The number of hydrogen-bond acceptors (Lipinski definition) is 6. The first-order valence-electron chi connectivity index (χ1n) is 9.47. The van der Waals surface area contributed by atoms with Crippen LogP contribution in [0, 0.1) is 13.8 Å². The zero-order valence-corrected chi connectivity index (χ0v) is 17.2. The summed E-state index contributed by atoms with van der Waals surface area (Å²) in [6.07, 6.45) is 4.75. The number of aromatic nitrogens is 2. The lowest BCUT2D eigenvalue weighted by Gasteiger charge is -2.24. The quantitative estimate of drug-likeness (QED) is 0.755. The lowest BCUT2D eigenvalue weighted by molar-refractivity contribution is 0.290. The van der Waals surface area contributed by atoms with Gasteiger partial charge in [0.1, 0.15) is 12.1 Å². The second kappa shape index (κ2) is 8.50. The summed E-state index contributed by atoms with van der Waals surface area (Å²) in [5, 5.41) is 1.12. The molecule has 3 rings (SSSR count). The number of hydrogen-bond donors (Lipinski definition) is 1. The molecule has 2 aromatic rings. The fourth-order valence-corrected chi connectivity index (χ4v) is 4.04. The van der Waals surface area contributed by atoms with Crippen LogP contribution in [0.5, 0.6) is 0 Å². The summed E-state index contributed by atoms with van der Waals surface area (Å²) >= 11 is 0. The normalized spacial score (nSPS) is 16.6. The molecule has 1 aromatic heterocycles. The molecule has 1 aliphatic rings. The van der Waals surface area contributed by atoms with Gasteiger partial charge in [0.25, 0.3) is 0 Å². The molecular formula is C19H29N5O2S. The fraction of sp³-hybridized carbons (Fsp3) is 0.579. The number of fused-ring (bicyclic) bond motifs is 1. The van der Waals surface area contributed by atoms with Crippen molar-refractivity contribution >= 4 is 26.7 Å². The summed E-state index contributed by atoms with van der Waals surface area (Å²) in [6, 6.07) is 4.33. The molecule has 1 N–H and O–H groups in total. The molecule has 0 unspecified atom stereocenters. The monoisotopic (exact) mass is 391 g/mol. The molecule has 0 atom stereocenters. The molecule has 1 saturated heterocycles. The van der Waals surface area contributed by atoms with E-state index in [0.29, 0.717) is 6.54 Å². The lowest BCUT2D eigenvalue weighted by atomic mass is 10.1. The van der Waals surface area contributed by atoms with Gasteiger partial charge in [0.05, 0.1) is 11.8 Å². The van der Waals surface area contributed by atoms with E-state index in [0.717, 1.165) is 62.3 Å². The van der Waals surface area contributed by atoms with Crippen LogP contribution < -0.4 is 9.62 Å². The molecule has 148 valence electrons. The fourth-order valence-electron chi connectivity index (χ4n) is 3.52. The van der Waals surface area contributed by atoms with Crippen molar-refractivity contribution in [2.24, 2.45) is 0 Å². The first-order chi connectivity index (χ1) is 12.8. The molecule has 0 saturated carbocycles. The highest BCUT2D eigenvalue weighted by Gasteiger charge is 2.18. The van der Waals surface area contributed by atoms with Gasteiger partial charge in [0, 0.05) is 31.6 Å². The minimum absolute atomic E-state index is 0.494. The first kappa shape index (κ1) is 20.0. The smallest absolute Gasteiger partial charge is 0.208 e. The number of nitrogens with one attached hydrogen (secondary N) is 1. The van der Waals surface area contributed by atoms with Crippen LogP contribution in [-0.4, -0.2) is 68.8 Å². The molecule has 0 amide bonds. The third kappa shape index (κ3) is 5.37. The highest BCUT2D eigenvalue weighted by Crippen LogP contribution is 2.26. The van der Waals surface area contributed by atoms with Gasteiger partial charge in [-0.15, -0.1) is 0 Å². The third-order valence-corrected chi connectivity index (χ3v) is 5.86. The molecule has 8 heteroatoms. The Balaban J connectivity index is 1.64. The van der Waals surface area contributed by atoms with Crippen molar-refractivity contribution in [2.75, 3.05) is 50.4 Å². The van der Waals surface area contributed by atoms with E-state index < -0.39 is 10.0 Å². The molecule has 0 spiro atoms. The number of benzene rings is 1. The Morgan fingerprint density at radius 2 is 1.85 bits per heavy atom. The Hall–Kier alpha value is -1.77. The Labute approximate surface area is 161 Å². The van der Waals surface area contributed by atoms with E-state index in [-0.39, 0.29) is 0 Å². The molecule has 2 heterocycles. The van der Waals surface area contributed by atoms with Crippen LogP contribution in [0.2, 0.25) is 0 Å². The number of anilines is 1. The number of rotatable bonds is 6. The van der Waals surface area contributed by atoms with Crippen molar-refractivity contribution in [1.82, 2.24) is 19.6 Å². The summed E-state index contributed by atoms with van der Waals surface area (Å²) in [5.74, 6) is 1.02. The Morgan fingerprint density at radius 1 is 1.07 bits per heavy atom. The van der Waals surface area contributed by atoms with Gasteiger partial charge in [-0.05, 0) is 63.0 Å². The Morgan fingerprint density at radius 3 is 2.63 bits per heavy atom. The standard InChI is InChI=1S/C19H29N5O2S/c1-15-12-17-18(13-16(15)2)20-14-21-19(17)24-9-5-8-23(10-11-24)7-4-6-22-27(3,25)26/h12-14,22H,4-11H2,1-3H3. The topological polar surface area (TPSA) is 78.4 Å². The molecule has 27 heavy (non-hydrogen) atoms. The van der Waals surface area contributed by atoms with E-state index in [1.807, 2.05) is 0 Å². The van der Waals surface area contributed by atoms with E-state index in [9.17, 15) is 8.42 Å². The van der Waals surface area contributed by atoms with Crippen LogP contribution in [0.4, 0.5) is 5.82 Å². The Bertz CT molecular complexity index is 900.